The molecule has 0 saturated carbocycles. The number of nitrogens with two attached hydrogens (primary N) is 1. The van der Waals surface area contributed by atoms with Gasteiger partial charge in [-0.3, -0.25) is 0 Å². The van der Waals surface area contributed by atoms with E-state index >= 15 is 0 Å². The van der Waals surface area contributed by atoms with Crippen molar-refractivity contribution in [3.05, 3.63) is 79.0 Å². The number of hydrogen-bond acceptors (Lipinski definition) is 8. The Balaban J connectivity index is 1.41. The summed E-state index contributed by atoms with van der Waals surface area (Å²) in [6, 6.07) is 22.8. The second kappa shape index (κ2) is 10.4. The van der Waals surface area contributed by atoms with E-state index < -0.39 is 0 Å². The van der Waals surface area contributed by atoms with Crippen molar-refractivity contribution in [2.24, 2.45) is 0 Å². The number of nitrogen functional groups attached to an aromatic ring is 1. The zero-order chi connectivity index (χ0) is 23.0. The Labute approximate surface area is 193 Å². The van der Waals surface area contributed by atoms with Gasteiger partial charge in [0.1, 0.15) is 23.9 Å². The van der Waals surface area contributed by atoms with Gasteiger partial charge in [0, 0.05) is 36.1 Å². The molecule has 2 aromatic carbocycles. The normalized spacial score (nSPS) is 10.8. The van der Waals surface area contributed by atoms with Crippen LogP contribution < -0.4 is 20.5 Å². The number of nitrogens with zero attached hydrogens (tertiary/aromatic N) is 4. The van der Waals surface area contributed by atoms with Gasteiger partial charge in [-0.15, -0.1) is 0 Å². The van der Waals surface area contributed by atoms with E-state index in [1.807, 2.05) is 79.7 Å². The van der Waals surface area contributed by atoms with Gasteiger partial charge in [0.2, 0.25) is 11.8 Å². The molecule has 0 spiro atoms. The Kier molecular flexibility index (Phi) is 6.96. The van der Waals surface area contributed by atoms with E-state index in [4.69, 9.17) is 15.2 Å². The van der Waals surface area contributed by atoms with Crippen LogP contribution in [0.2, 0.25) is 0 Å². The Morgan fingerprint density at radius 3 is 2.45 bits per heavy atom. The number of likely N-dealkylation sites (N-methyl/N-ethyl adjacent to an activating group) is 1. The van der Waals surface area contributed by atoms with Crippen molar-refractivity contribution in [3.8, 4) is 28.6 Å². The zero-order valence-corrected chi connectivity index (χ0v) is 18.6. The summed E-state index contributed by atoms with van der Waals surface area (Å²) in [4.78, 5) is 14.9. The molecule has 168 valence electrons. The minimum Gasteiger partial charge on any atom is -0.476 e. The van der Waals surface area contributed by atoms with E-state index in [1.54, 1.807) is 18.3 Å². The van der Waals surface area contributed by atoms with Crippen molar-refractivity contribution >= 4 is 17.5 Å². The third kappa shape index (κ3) is 6.41. The van der Waals surface area contributed by atoms with Crippen LogP contribution in [0, 0.1) is 0 Å². The minimum absolute atomic E-state index is 0.208. The van der Waals surface area contributed by atoms with Crippen molar-refractivity contribution in [2.45, 2.75) is 0 Å². The third-order valence-corrected chi connectivity index (χ3v) is 4.67. The van der Waals surface area contributed by atoms with Gasteiger partial charge in [0.25, 0.3) is 0 Å². The van der Waals surface area contributed by atoms with E-state index in [-0.39, 0.29) is 5.95 Å². The van der Waals surface area contributed by atoms with Crippen LogP contribution in [0.4, 0.5) is 17.5 Å². The number of nitrogens with one attached hydrogen (secondary N) is 1. The average Bonchev–Trinajstić information content (AvgIpc) is 2.81. The van der Waals surface area contributed by atoms with Crippen molar-refractivity contribution in [2.75, 3.05) is 38.3 Å². The number of benzene rings is 2. The summed E-state index contributed by atoms with van der Waals surface area (Å²) in [6.07, 6.45) is 1.67. The maximum atomic E-state index is 5.94. The molecule has 0 aliphatic rings. The number of anilines is 3. The van der Waals surface area contributed by atoms with Crippen LogP contribution in [-0.4, -0.2) is 47.1 Å². The third-order valence-electron chi connectivity index (χ3n) is 4.67. The molecule has 0 radical (unpaired) electrons. The summed E-state index contributed by atoms with van der Waals surface area (Å²) in [5, 5.41) is 3.27. The molecule has 3 N–H and O–H groups in total. The fourth-order valence-electron chi connectivity index (χ4n) is 3.04. The number of rotatable bonds is 9. The molecule has 0 fully saturated rings. The maximum absolute atomic E-state index is 5.94. The predicted molar refractivity (Wildman–Crippen MR) is 130 cm³/mol. The van der Waals surface area contributed by atoms with Gasteiger partial charge < -0.3 is 25.4 Å². The fraction of sp³-hybridized carbons (Fsp3) is 0.160. The summed E-state index contributed by atoms with van der Waals surface area (Å²) < 4.78 is 11.6. The van der Waals surface area contributed by atoms with Crippen LogP contribution in [0.15, 0.2) is 79.0 Å². The monoisotopic (exact) mass is 442 g/mol. The molecule has 0 saturated heterocycles. The first-order chi connectivity index (χ1) is 16.0. The van der Waals surface area contributed by atoms with Crippen LogP contribution in [0.1, 0.15) is 0 Å². The first-order valence-electron chi connectivity index (χ1n) is 10.5. The molecular weight excluding hydrogens is 416 g/mol. The Bertz CT molecular complexity index is 1180. The largest absolute Gasteiger partial charge is 0.476 e. The molecule has 2 aromatic heterocycles. The highest BCUT2D eigenvalue weighted by molar-refractivity contribution is 5.67. The Morgan fingerprint density at radius 1 is 0.909 bits per heavy atom. The standard InChI is InChI=1S/C25H26N6O2/c1-31(2)14-15-32-24-16-21(12-13-27-24)33-20-10-8-19(9-11-20)28-23-17-22(29-25(26)30-23)18-6-4-3-5-7-18/h3-13,16-17H,14-15H2,1-2H3,(H3,26,28,29,30). The molecule has 8 heteroatoms. The highest BCUT2D eigenvalue weighted by Gasteiger charge is 2.06. The molecule has 0 atom stereocenters. The van der Waals surface area contributed by atoms with Crippen LogP contribution in [0.25, 0.3) is 11.3 Å². The van der Waals surface area contributed by atoms with Gasteiger partial charge in [-0.2, -0.15) is 4.98 Å². The topological polar surface area (TPSA) is 98.4 Å². The average molecular weight is 443 g/mol. The quantitative estimate of drug-likeness (QED) is 0.388. The number of ether oxygens (including phenoxy) is 2. The molecule has 0 bridgehead atoms. The molecular formula is C25H26N6O2. The van der Waals surface area contributed by atoms with Gasteiger partial charge in [0.15, 0.2) is 0 Å². The van der Waals surface area contributed by atoms with E-state index in [9.17, 15) is 0 Å². The Morgan fingerprint density at radius 2 is 1.70 bits per heavy atom. The van der Waals surface area contributed by atoms with Crippen molar-refractivity contribution in [1.82, 2.24) is 19.9 Å². The van der Waals surface area contributed by atoms with Gasteiger partial charge in [0.05, 0.1) is 5.69 Å². The molecule has 0 amide bonds. The molecule has 33 heavy (non-hydrogen) atoms. The molecule has 0 aliphatic carbocycles. The summed E-state index contributed by atoms with van der Waals surface area (Å²) in [7, 11) is 3.99. The van der Waals surface area contributed by atoms with Crippen molar-refractivity contribution in [3.63, 3.8) is 0 Å². The molecule has 4 rings (SSSR count). The van der Waals surface area contributed by atoms with E-state index in [0.717, 1.165) is 23.5 Å². The number of hydrogen-bond donors (Lipinski definition) is 2. The first-order valence-corrected chi connectivity index (χ1v) is 10.5. The van der Waals surface area contributed by atoms with Gasteiger partial charge in [-0.25, -0.2) is 9.97 Å². The van der Waals surface area contributed by atoms with Crippen molar-refractivity contribution < 1.29 is 9.47 Å². The molecule has 8 nitrogen and oxygen atoms in total. The summed E-state index contributed by atoms with van der Waals surface area (Å²) >= 11 is 0. The van der Waals surface area contributed by atoms with Crippen LogP contribution in [0.5, 0.6) is 17.4 Å². The van der Waals surface area contributed by atoms with E-state index in [1.165, 1.54) is 0 Å². The zero-order valence-electron chi connectivity index (χ0n) is 18.6. The summed E-state index contributed by atoms with van der Waals surface area (Å²) in [5.74, 6) is 2.70. The predicted octanol–water partition coefficient (Wildman–Crippen LogP) is 4.60. The first kappa shape index (κ1) is 22.0. The van der Waals surface area contributed by atoms with Crippen LogP contribution >= 0.6 is 0 Å². The SMILES string of the molecule is CN(C)CCOc1cc(Oc2ccc(Nc3cc(-c4ccccc4)nc(N)n3)cc2)ccn1. The van der Waals surface area contributed by atoms with Gasteiger partial charge in [-0.05, 0) is 44.4 Å². The van der Waals surface area contributed by atoms with Gasteiger partial charge >= 0.3 is 0 Å². The lowest BCUT2D eigenvalue weighted by Gasteiger charge is -2.12. The van der Waals surface area contributed by atoms with E-state index in [0.29, 0.717) is 29.8 Å². The molecule has 0 unspecified atom stereocenters. The maximum Gasteiger partial charge on any atom is 0.222 e. The fourth-order valence-corrected chi connectivity index (χ4v) is 3.04. The second-order valence-electron chi connectivity index (χ2n) is 7.60. The highest BCUT2D eigenvalue weighted by Crippen LogP contribution is 2.27. The Hall–Kier alpha value is -4.17. The van der Waals surface area contributed by atoms with Crippen LogP contribution in [0.3, 0.4) is 0 Å². The van der Waals surface area contributed by atoms with Crippen molar-refractivity contribution in [1.29, 1.82) is 0 Å². The highest BCUT2D eigenvalue weighted by atomic mass is 16.5. The minimum atomic E-state index is 0.208. The van der Waals surface area contributed by atoms with Gasteiger partial charge in [-0.1, -0.05) is 30.3 Å². The molecule has 0 aliphatic heterocycles. The number of pyridine rings is 1. The molecule has 4 aromatic rings. The summed E-state index contributed by atoms with van der Waals surface area (Å²) in [6.45, 7) is 1.37. The molecule has 2 heterocycles. The lowest BCUT2D eigenvalue weighted by molar-refractivity contribution is 0.253. The summed E-state index contributed by atoms with van der Waals surface area (Å²) in [5.41, 5.74) is 8.50. The van der Waals surface area contributed by atoms with Crippen LogP contribution in [-0.2, 0) is 0 Å². The lowest BCUT2D eigenvalue weighted by atomic mass is 10.1. The smallest absolute Gasteiger partial charge is 0.222 e. The van der Waals surface area contributed by atoms with E-state index in [2.05, 4.69) is 20.3 Å². The lowest BCUT2D eigenvalue weighted by Crippen LogP contribution is -2.19. The second-order valence-corrected chi connectivity index (χ2v) is 7.60. The number of aromatic nitrogens is 3.